The van der Waals surface area contributed by atoms with Gasteiger partial charge in [-0.2, -0.15) is 15.8 Å². The fourth-order valence-electron chi connectivity index (χ4n) is 1.49. The lowest BCUT2D eigenvalue weighted by atomic mass is 10.2. The predicted octanol–water partition coefficient (Wildman–Crippen LogP) is 2.49. The predicted molar refractivity (Wildman–Crippen MR) is 74.5 cm³/mol. The van der Waals surface area contributed by atoms with Crippen LogP contribution in [0.25, 0.3) is 0 Å². The molecule has 0 aliphatic rings. The summed E-state index contributed by atoms with van der Waals surface area (Å²) in [5, 5.41) is 32.8. The Morgan fingerprint density at radius 1 is 1.11 bits per heavy atom. The van der Waals surface area contributed by atoms with Crippen molar-refractivity contribution in [3.8, 4) is 16.2 Å². The fraction of sp³-hybridized carbons (Fsp3) is 0.182. The van der Waals surface area contributed by atoms with Gasteiger partial charge in [0.25, 0.3) is 0 Å². The molecule has 0 amide bonds. The number of rotatable bonds is 2. The van der Waals surface area contributed by atoms with Crippen molar-refractivity contribution in [2.75, 3.05) is 17.7 Å². The van der Waals surface area contributed by atoms with E-state index < -0.39 is 10.0 Å². The van der Waals surface area contributed by atoms with Gasteiger partial charge in [-0.15, -0.1) is 11.8 Å². The molecule has 0 radical (unpaired) electrons. The number of nitrogens with zero attached hydrogens (tertiary/aromatic N) is 3. The number of aryl methyl sites for hydroxylation is 1. The first-order valence-corrected chi connectivity index (χ1v) is 7.61. The first-order chi connectivity index (χ1) is 8.47. The van der Waals surface area contributed by atoms with Crippen molar-refractivity contribution in [3.63, 3.8) is 0 Å². The molecule has 18 heavy (non-hydrogen) atoms. The van der Waals surface area contributed by atoms with Crippen LogP contribution in [0.4, 0.5) is 11.4 Å². The quantitative estimate of drug-likeness (QED) is 0.486. The summed E-state index contributed by atoms with van der Waals surface area (Å²) in [6.07, 6.45) is 1.83. The van der Waals surface area contributed by atoms with Crippen LogP contribution in [0.1, 0.15) is 5.56 Å². The van der Waals surface area contributed by atoms with Crippen LogP contribution in [0.5, 0.6) is 0 Å². The van der Waals surface area contributed by atoms with Gasteiger partial charge in [0.1, 0.15) is 16.2 Å². The second-order valence-electron chi connectivity index (χ2n) is 3.44. The molecule has 0 spiro atoms. The van der Waals surface area contributed by atoms with Gasteiger partial charge < -0.3 is 11.5 Å². The van der Waals surface area contributed by atoms with Crippen LogP contribution in [0, 0.1) is 38.9 Å². The van der Waals surface area contributed by atoms with Gasteiger partial charge in [0.15, 0.2) is 0 Å². The molecule has 0 bridgehead atoms. The van der Waals surface area contributed by atoms with E-state index in [-0.39, 0.29) is 16.3 Å². The number of hydrogen-bond donors (Lipinski definition) is 2. The number of nitriles is 3. The van der Waals surface area contributed by atoms with E-state index in [0.717, 1.165) is 0 Å². The molecule has 1 aromatic carbocycles. The van der Waals surface area contributed by atoms with Gasteiger partial charge in [-0.1, -0.05) is 0 Å². The number of thioether (sulfide) groups is 1. The van der Waals surface area contributed by atoms with Crippen LogP contribution in [-0.4, -0.2) is 6.26 Å². The van der Waals surface area contributed by atoms with Crippen molar-refractivity contribution >= 4 is 33.2 Å². The highest BCUT2D eigenvalue weighted by Gasteiger charge is 2.33. The van der Waals surface area contributed by atoms with E-state index in [0.29, 0.717) is 10.5 Å². The lowest BCUT2D eigenvalue weighted by Crippen LogP contribution is -2.06. The lowest BCUT2D eigenvalue weighted by molar-refractivity contribution is 1.28. The standard InChI is InChI=1S/C11H11N5S2/c1-7-3-8(17-2)10(16)11(9(7)15)18(4-12,5-13)6-14/h3H,15-16H2,1-2H3. The minimum Gasteiger partial charge on any atom is -0.398 e. The smallest absolute Gasteiger partial charge is 0.145 e. The summed E-state index contributed by atoms with van der Waals surface area (Å²) in [5.74, 6) is 0. The minimum absolute atomic E-state index is 0.180. The van der Waals surface area contributed by atoms with Gasteiger partial charge >= 0.3 is 0 Å². The van der Waals surface area contributed by atoms with E-state index >= 15 is 0 Å². The van der Waals surface area contributed by atoms with E-state index in [4.69, 9.17) is 27.3 Å². The highest BCUT2D eigenvalue weighted by atomic mass is 32.3. The van der Waals surface area contributed by atoms with E-state index in [2.05, 4.69) is 0 Å². The summed E-state index contributed by atoms with van der Waals surface area (Å²) in [6.45, 7) is 1.76. The van der Waals surface area contributed by atoms with Crippen molar-refractivity contribution in [3.05, 3.63) is 11.6 Å². The van der Waals surface area contributed by atoms with Crippen molar-refractivity contribution < 1.29 is 0 Å². The summed E-state index contributed by atoms with van der Waals surface area (Å²) in [5.41, 5.74) is 13.1. The topological polar surface area (TPSA) is 123 Å². The summed E-state index contributed by atoms with van der Waals surface area (Å²) >= 11 is 1.38. The molecule has 1 aromatic rings. The Hall–Kier alpha value is -2.01. The minimum atomic E-state index is -2.95. The van der Waals surface area contributed by atoms with E-state index in [1.165, 1.54) is 11.8 Å². The van der Waals surface area contributed by atoms with Crippen LogP contribution in [0.2, 0.25) is 0 Å². The van der Waals surface area contributed by atoms with Crippen LogP contribution in [-0.2, 0) is 0 Å². The van der Waals surface area contributed by atoms with Gasteiger partial charge in [-0.05, 0) is 24.8 Å². The number of nitrogen functional groups attached to an aromatic ring is 2. The molecule has 1 rings (SSSR count). The molecule has 7 heteroatoms. The highest BCUT2D eigenvalue weighted by molar-refractivity contribution is 8.44. The molecule has 92 valence electrons. The van der Waals surface area contributed by atoms with Crippen molar-refractivity contribution in [2.45, 2.75) is 16.7 Å². The summed E-state index contributed by atoms with van der Waals surface area (Å²) in [6, 6.07) is 1.79. The Morgan fingerprint density at radius 3 is 2.00 bits per heavy atom. The maximum atomic E-state index is 9.16. The van der Waals surface area contributed by atoms with Crippen molar-refractivity contribution in [2.24, 2.45) is 0 Å². The zero-order valence-corrected chi connectivity index (χ0v) is 11.5. The van der Waals surface area contributed by atoms with Crippen LogP contribution in [0.3, 0.4) is 0 Å². The molecule has 0 aliphatic heterocycles. The number of thiocyanates is 3. The molecule has 0 unspecified atom stereocenters. The number of anilines is 2. The number of benzene rings is 1. The summed E-state index contributed by atoms with van der Waals surface area (Å²) in [4.78, 5) is 0.897. The van der Waals surface area contributed by atoms with Crippen LogP contribution < -0.4 is 11.5 Å². The van der Waals surface area contributed by atoms with Gasteiger partial charge in [0, 0.05) is 4.90 Å². The lowest BCUT2D eigenvalue weighted by Gasteiger charge is -2.22. The first kappa shape index (κ1) is 14.1. The molecule has 0 fully saturated rings. The maximum absolute atomic E-state index is 9.16. The highest BCUT2D eigenvalue weighted by Crippen LogP contribution is 2.59. The second kappa shape index (κ2) is 5.10. The fourth-order valence-corrected chi connectivity index (χ4v) is 3.49. The third-order valence-corrected chi connectivity index (χ3v) is 5.12. The number of hydrogen-bond acceptors (Lipinski definition) is 6. The third kappa shape index (κ3) is 1.93. The molecule has 0 saturated heterocycles. The average molecular weight is 277 g/mol. The summed E-state index contributed by atoms with van der Waals surface area (Å²) in [7, 11) is -2.95. The molecule has 0 saturated carbocycles. The second-order valence-corrected chi connectivity index (χ2v) is 6.47. The molecule has 0 atom stereocenters. The van der Waals surface area contributed by atoms with Gasteiger partial charge in [-0.25, -0.2) is 0 Å². The Morgan fingerprint density at radius 2 is 1.61 bits per heavy atom. The Balaban J connectivity index is 3.82. The molecule has 0 aromatic heterocycles. The number of nitrogens with two attached hydrogens (primary N) is 2. The van der Waals surface area contributed by atoms with Crippen molar-refractivity contribution in [1.82, 2.24) is 0 Å². The van der Waals surface area contributed by atoms with Gasteiger partial charge in [0.05, 0.1) is 26.3 Å². The normalized spacial score (nSPS) is 11.1. The largest absolute Gasteiger partial charge is 0.398 e. The third-order valence-electron chi connectivity index (χ3n) is 2.46. The molecule has 0 aliphatic carbocycles. The van der Waals surface area contributed by atoms with Crippen LogP contribution in [0.15, 0.2) is 15.9 Å². The monoisotopic (exact) mass is 277 g/mol. The van der Waals surface area contributed by atoms with Gasteiger partial charge in [0.2, 0.25) is 0 Å². The van der Waals surface area contributed by atoms with E-state index in [1.54, 1.807) is 29.2 Å². The molecular weight excluding hydrogens is 266 g/mol. The Kier molecular flexibility index (Phi) is 3.98. The molecule has 5 nitrogen and oxygen atoms in total. The van der Waals surface area contributed by atoms with E-state index in [9.17, 15) is 0 Å². The first-order valence-electron chi connectivity index (χ1n) is 4.75. The van der Waals surface area contributed by atoms with E-state index in [1.807, 2.05) is 6.26 Å². The zero-order valence-electron chi connectivity index (χ0n) is 9.89. The summed E-state index contributed by atoms with van der Waals surface area (Å²) < 4.78 is 0. The Bertz CT molecular complexity index is 582. The average Bonchev–Trinajstić information content (AvgIpc) is 2.39. The maximum Gasteiger partial charge on any atom is 0.145 e. The molecular formula is C11H11N5S2. The Labute approximate surface area is 111 Å². The SMILES string of the molecule is CSc1cc(C)c(N)c(S(C#N)(C#N)C#N)c1N. The molecule has 4 N–H and O–H groups in total. The van der Waals surface area contributed by atoms with Gasteiger partial charge in [-0.3, -0.25) is 0 Å². The van der Waals surface area contributed by atoms with Crippen molar-refractivity contribution in [1.29, 1.82) is 15.8 Å². The zero-order chi connectivity index (χ0) is 13.9. The molecule has 0 heterocycles. The van der Waals surface area contributed by atoms with Crippen LogP contribution >= 0.6 is 21.8 Å².